The Labute approximate surface area is 138 Å². The first-order valence-corrected chi connectivity index (χ1v) is 8.16. The number of halogens is 1. The van der Waals surface area contributed by atoms with Crippen molar-refractivity contribution in [2.24, 2.45) is 5.41 Å². The van der Waals surface area contributed by atoms with E-state index in [1.54, 1.807) is 26.0 Å². The molecule has 1 aliphatic heterocycles. The van der Waals surface area contributed by atoms with Crippen LogP contribution in [-0.2, 0) is 14.3 Å². The molecule has 1 aromatic carbocycles. The summed E-state index contributed by atoms with van der Waals surface area (Å²) in [6.07, 6.45) is 2.03. The van der Waals surface area contributed by atoms with Gasteiger partial charge in [-0.05, 0) is 44.9 Å². The highest BCUT2D eigenvalue weighted by Crippen LogP contribution is 2.21. The highest BCUT2D eigenvalue weighted by molar-refractivity contribution is 9.10. The molecule has 120 valence electrons. The van der Waals surface area contributed by atoms with Gasteiger partial charge in [0.15, 0.2) is 0 Å². The Kier molecular flexibility index (Phi) is 5.58. The van der Waals surface area contributed by atoms with Crippen LogP contribution in [0.15, 0.2) is 28.7 Å². The standard InChI is InChI=1S/C16H21BrN2O3/c1-16(2,14(20)18-10-13-7-4-8-22-13)15(21)19-12-6-3-5-11(17)9-12/h3,5-6,9,13H,4,7-8,10H2,1-2H3,(H,18,20)(H,19,21). The summed E-state index contributed by atoms with van der Waals surface area (Å²) in [4.78, 5) is 24.6. The summed E-state index contributed by atoms with van der Waals surface area (Å²) in [5.74, 6) is -0.633. The molecule has 0 aromatic heterocycles. The molecular weight excluding hydrogens is 348 g/mol. The van der Waals surface area contributed by atoms with Gasteiger partial charge in [0.05, 0.1) is 6.10 Å². The Bertz CT molecular complexity index is 554. The number of anilines is 1. The average molecular weight is 369 g/mol. The molecular formula is C16H21BrN2O3. The van der Waals surface area contributed by atoms with Crippen LogP contribution in [0.4, 0.5) is 5.69 Å². The fourth-order valence-corrected chi connectivity index (χ4v) is 2.59. The number of amides is 2. The van der Waals surface area contributed by atoms with Gasteiger partial charge in [-0.15, -0.1) is 0 Å². The number of hydrogen-bond acceptors (Lipinski definition) is 3. The minimum Gasteiger partial charge on any atom is -0.376 e. The monoisotopic (exact) mass is 368 g/mol. The van der Waals surface area contributed by atoms with Crippen LogP contribution in [0.25, 0.3) is 0 Å². The second-order valence-electron chi connectivity index (χ2n) is 5.93. The van der Waals surface area contributed by atoms with E-state index < -0.39 is 5.41 Å². The van der Waals surface area contributed by atoms with E-state index in [0.717, 1.165) is 23.9 Å². The second kappa shape index (κ2) is 7.24. The van der Waals surface area contributed by atoms with Gasteiger partial charge in [-0.2, -0.15) is 0 Å². The smallest absolute Gasteiger partial charge is 0.239 e. The van der Waals surface area contributed by atoms with E-state index in [1.807, 2.05) is 12.1 Å². The van der Waals surface area contributed by atoms with Crippen LogP contribution < -0.4 is 10.6 Å². The number of hydrogen-bond donors (Lipinski definition) is 2. The quantitative estimate of drug-likeness (QED) is 0.785. The van der Waals surface area contributed by atoms with E-state index in [1.165, 1.54) is 0 Å². The molecule has 2 amide bonds. The Morgan fingerprint density at radius 1 is 1.36 bits per heavy atom. The molecule has 0 bridgehead atoms. The van der Waals surface area contributed by atoms with Crippen LogP contribution in [-0.4, -0.2) is 31.1 Å². The predicted molar refractivity (Wildman–Crippen MR) is 88.5 cm³/mol. The summed E-state index contributed by atoms with van der Waals surface area (Å²) >= 11 is 3.35. The maximum absolute atomic E-state index is 12.4. The van der Waals surface area contributed by atoms with Gasteiger partial charge < -0.3 is 15.4 Å². The van der Waals surface area contributed by atoms with Crippen LogP contribution in [0.1, 0.15) is 26.7 Å². The lowest BCUT2D eigenvalue weighted by atomic mass is 9.91. The van der Waals surface area contributed by atoms with Crippen molar-refractivity contribution < 1.29 is 14.3 Å². The number of carbonyl (C=O) groups excluding carboxylic acids is 2. The molecule has 0 spiro atoms. The van der Waals surface area contributed by atoms with Crippen molar-refractivity contribution in [3.63, 3.8) is 0 Å². The largest absolute Gasteiger partial charge is 0.376 e. The van der Waals surface area contributed by atoms with Crippen LogP contribution in [0, 0.1) is 5.41 Å². The summed E-state index contributed by atoms with van der Waals surface area (Å²) in [6.45, 7) is 4.43. The summed E-state index contributed by atoms with van der Waals surface area (Å²) in [5, 5.41) is 5.58. The summed E-state index contributed by atoms with van der Waals surface area (Å²) < 4.78 is 6.33. The van der Waals surface area contributed by atoms with Gasteiger partial charge in [-0.25, -0.2) is 0 Å². The Balaban J connectivity index is 1.92. The molecule has 6 heteroatoms. The van der Waals surface area contributed by atoms with Crippen LogP contribution in [0.3, 0.4) is 0 Å². The van der Waals surface area contributed by atoms with Gasteiger partial charge in [-0.3, -0.25) is 9.59 Å². The first-order valence-electron chi connectivity index (χ1n) is 7.36. The van der Waals surface area contributed by atoms with Crippen molar-refractivity contribution >= 4 is 33.4 Å². The third-order valence-electron chi connectivity index (χ3n) is 3.73. The molecule has 1 atom stereocenters. The minimum atomic E-state index is -1.15. The first-order chi connectivity index (χ1) is 10.4. The van der Waals surface area contributed by atoms with E-state index in [-0.39, 0.29) is 17.9 Å². The van der Waals surface area contributed by atoms with E-state index in [4.69, 9.17) is 4.74 Å². The van der Waals surface area contributed by atoms with E-state index in [9.17, 15) is 9.59 Å². The number of ether oxygens (including phenoxy) is 1. The lowest BCUT2D eigenvalue weighted by Gasteiger charge is -2.23. The molecule has 22 heavy (non-hydrogen) atoms. The van der Waals surface area contributed by atoms with Crippen LogP contribution in [0.5, 0.6) is 0 Å². The topological polar surface area (TPSA) is 67.4 Å². The summed E-state index contributed by atoms with van der Waals surface area (Å²) in [7, 11) is 0. The maximum Gasteiger partial charge on any atom is 0.239 e. The van der Waals surface area contributed by atoms with Gasteiger partial charge in [0.2, 0.25) is 11.8 Å². The third-order valence-corrected chi connectivity index (χ3v) is 4.23. The van der Waals surface area contributed by atoms with Crippen LogP contribution >= 0.6 is 15.9 Å². The van der Waals surface area contributed by atoms with E-state index >= 15 is 0 Å². The zero-order valence-electron chi connectivity index (χ0n) is 12.8. The summed E-state index contributed by atoms with van der Waals surface area (Å²) in [6, 6.07) is 7.26. The van der Waals surface area contributed by atoms with Crippen molar-refractivity contribution in [1.82, 2.24) is 5.32 Å². The number of benzene rings is 1. The maximum atomic E-state index is 12.4. The minimum absolute atomic E-state index is 0.0629. The molecule has 1 fully saturated rings. The predicted octanol–water partition coefficient (Wildman–Crippen LogP) is 2.71. The molecule has 1 aromatic rings. The highest BCUT2D eigenvalue weighted by atomic mass is 79.9. The SMILES string of the molecule is CC(C)(C(=O)NCC1CCCO1)C(=O)Nc1cccc(Br)c1. The number of carbonyl (C=O) groups is 2. The van der Waals surface area contributed by atoms with Crippen molar-refractivity contribution in [3.05, 3.63) is 28.7 Å². The molecule has 2 rings (SSSR count). The van der Waals surface area contributed by atoms with Crippen LogP contribution in [0.2, 0.25) is 0 Å². The fraction of sp³-hybridized carbons (Fsp3) is 0.500. The van der Waals surface area contributed by atoms with Gasteiger partial charge in [0.1, 0.15) is 5.41 Å². The molecule has 0 saturated carbocycles. The van der Waals surface area contributed by atoms with Gasteiger partial charge in [-0.1, -0.05) is 22.0 Å². The molecule has 5 nitrogen and oxygen atoms in total. The normalized spacial score (nSPS) is 18.0. The molecule has 1 unspecified atom stereocenters. The van der Waals surface area contributed by atoms with Gasteiger partial charge in [0, 0.05) is 23.3 Å². The lowest BCUT2D eigenvalue weighted by molar-refractivity contribution is -0.138. The zero-order chi connectivity index (χ0) is 16.2. The van der Waals surface area contributed by atoms with E-state index in [0.29, 0.717) is 12.2 Å². The summed E-state index contributed by atoms with van der Waals surface area (Å²) in [5.41, 5.74) is -0.500. The Morgan fingerprint density at radius 3 is 2.77 bits per heavy atom. The Hall–Kier alpha value is -1.40. The molecule has 1 saturated heterocycles. The Morgan fingerprint density at radius 2 is 2.14 bits per heavy atom. The van der Waals surface area contributed by atoms with Crippen molar-refractivity contribution in [3.8, 4) is 0 Å². The molecule has 0 aliphatic carbocycles. The van der Waals surface area contributed by atoms with Gasteiger partial charge in [0.25, 0.3) is 0 Å². The fourth-order valence-electron chi connectivity index (χ4n) is 2.19. The molecule has 0 radical (unpaired) electrons. The van der Waals surface area contributed by atoms with Crippen molar-refractivity contribution in [2.45, 2.75) is 32.8 Å². The lowest BCUT2D eigenvalue weighted by Crippen LogP contribution is -2.47. The molecule has 2 N–H and O–H groups in total. The van der Waals surface area contributed by atoms with E-state index in [2.05, 4.69) is 26.6 Å². The second-order valence-corrected chi connectivity index (χ2v) is 6.85. The molecule has 1 aliphatic rings. The van der Waals surface area contributed by atoms with Crippen molar-refractivity contribution in [2.75, 3.05) is 18.5 Å². The molecule has 1 heterocycles. The number of rotatable bonds is 5. The number of nitrogens with one attached hydrogen (secondary N) is 2. The highest BCUT2D eigenvalue weighted by Gasteiger charge is 2.36. The van der Waals surface area contributed by atoms with Crippen molar-refractivity contribution in [1.29, 1.82) is 0 Å². The first kappa shape index (κ1) is 17.0. The zero-order valence-corrected chi connectivity index (χ0v) is 14.4. The van der Waals surface area contributed by atoms with Gasteiger partial charge >= 0.3 is 0 Å². The average Bonchev–Trinajstić information content (AvgIpc) is 2.97. The third kappa shape index (κ3) is 4.30.